The number of aromatic nitrogens is 2. The van der Waals surface area contributed by atoms with Gasteiger partial charge in [-0.05, 0) is 56.2 Å². The number of nitrogens with one attached hydrogen (secondary N) is 1. The van der Waals surface area contributed by atoms with E-state index >= 15 is 0 Å². The number of rotatable bonds is 6. The molecule has 0 radical (unpaired) electrons. The van der Waals surface area contributed by atoms with E-state index in [9.17, 15) is 18.0 Å². The van der Waals surface area contributed by atoms with Crippen molar-refractivity contribution in [2.45, 2.75) is 38.8 Å². The number of benzene rings is 2. The van der Waals surface area contributed by atoms with Gasteiger partial charge in [0.15, 0.2) is 0 Å². The lowest BCUT2D eigenvalue weighted by Gasteiger charge is -2.16. The second-order valence-corrected chi connectivity index (χ2v) is 9.50. The van der Waals surface area contributed by atoms with Gasteiger partial charge >= 0.3 is 5.69 Å². The average molecular weight is 431 g/mol. The highest BCUT2D eigenvalue weighted by Crippen LogP contribution is 2.25. The minimum absolute atomic E-state index is 0.102. The molecule has 3 aromatic rings. The van der Waals surface area contributed by atoms with Gasteiger partial charge in [0.25, 0.3) is 0 Å². The summed E-state index contributed by atoms with van der Waals surface area (Å²) in [5.74, 6) is -0.405. The number of nitrogens with zero attached hydrogens (tertiary/aromatic N) is 3. The van der Waals surface area contributed by atoms with Crippen LogP contribution in [0.25, 0.3) is 11.0 Å². The minimum atomic E-state index is -3.65. The van der Waals surface area contributed by atoms with E-state index in [1.165, 1.54) is 24.7 Å². The fourth-order valence-corrected chi connectivity index (χ4v) is 4.39. The highest BCUT2D eigenvalue weighted by Gasteiger charge is 2.21. The van der Waals surface area contributed by atoms with Crippen molar-refractivity contribution in [3.63, 3.8) is 0 Å². The summed E-state index contributed by atoms with van der Waals surface area (Å²) in [6, 6.07) is 10.3. The van der Waals surface area contributed by atoms with Crippen molar-refractivity contribution < 1.29 is 13.2 Å². The average Bonchev–Trinajstić information content (AvgIpc) is 2.96. The fourth-order valence-electron chi connectivity index (χ4n) is 3.38. The Hall–Kier alpha value is -2.91. The fraction of sp³-hybridized carbons (Fsp3) is 0.333. The van der Waals surface area contributed by atoms with Crippen molar-refractivity contribution in [3.8, 4) is 0 Å². The van der Waals surface area contributed by atoms with Crippen molar-refractivity contribution in [2.75, 3.05) is 19.4 Å². The van der Waals surface area contributed by atoms with Gasteiger partial charge in [-0.3, -0.25) is 13.9 Å². The van der Waals surface area contributed by atoms with Gasteiger partial charge in [0.1, 0.15) is 6.54 Å². The third kappa shape index (κ3) is 3.78. The van der Waals surface area contributed by atoms with Crippen LogP contribution in [0.5, 0.6) is 0 Å². The molecule has 0 unspecified atom stereocenters. The summed E-state index contributed by atoms with van der Waals surface area (Å²) in [4.78, 5) is 25.6. The van der Waals surface area contributed by atoms with Gasteiger partial charge in [0, 0.05) is 26.3 Å². The zero-order chi connectivity index (χ0) is 22.2. The first-order chi connectivity index (χ1) is 14.1. The molecule has 2 aromatic carbocycles. The third-order valence-electron chi connectivity index (χ3n) is 5.24. The van der Waals surface area contributed by atoms with Crippen LogP contribution in [-0.2, 0) is 27.9 Å². The number of para-hydroxylation sites is 2. The highest BCUT2D eigenvalue weighted by molar-refractivity contribution is 7.89. The Morgan fingerprint density at radius 2 is 1.67 bits per heavy atom. The number of fused-ring (bicyclic) bond motifs is 1. The quantitative estimate of drug-likeness (QED) is 0.650. The molecule has 3 rings (SSSR count). The molecule has 0 saturated heterocycles. The molecule has 0 aliphatic rings. The Morgan fingerprint density at radius 3 is 2.23 bits per heavy atom. The maximum Gasteiger partial charge on any atom is 0.329 e. The SMILES string of the molecule is CCn1c(=O)n(CC(=O)Nc2cc(S(=O)(=O)N(C)C)cc(C)c2C)c2ccccc21. The van der Waals surface area contributed by atoms with E-state index in [4.69, 9.17) is 0 Å². The lowest BCUT2D eigenvalue weighted by Crippen LogP contribution is -2.29. The predicted molar refractivity (Wildman–Crippen MR) is 117 cm³/mol. The standard InChI is InChI=1S/C21H26N4O4S/c1-6-24-18-9-7-8-10-19(18)25(21(24)27)13-20(26)22-17-12-16(11-14(2)15(17)3)30(28,29)23(4)5/h7-12H,6,13H2,1-5H3,(H,22,26). The van der Waals surface area contributed by atoms with Gasteiger partial charge in [-0.15, -0.1) is 0 Å². The highest BCUT2D eigenvalue weighted by atomic mass is 32.2. The predicted octanol–water partition coefficient (Wildman–Crippen LogP) is 2.33. The van der Waals surface area contributed by atoms with E-state index < -0.39 is 15.9 Å². The first-order valence-electron chi connectivity index (χ1n) is 9.59. The maximum absolute atomic E-state index is 12.8. The van der Waals surface area contributed by atoms with E-state index in [1.54, 1.807) is 23.6 Å². The molecule has 9 heteroatoms. The number of hydrogen-bond donors (Lipinski definition) is 1. The third-order valence-corrected chi connectivity index (χ3v) is 7.03. The van der Waals surface area contributed by atoms with E-state index in [-0.39, 0.29) is 17.1 Å². The second-order valence-electron chi connectivity index (χ2n) is 7.35. The Bertz CT molecular complexity index is 1290. The van der Waals surface area contributed by atoms with Crippen molar-refractivity contribution in [1.29, 1.82) is 0 Å². The summed E-state index contributed by atoms with van der Waals surface area (Å²) in [6.07, 6.45) is 0. The van der Waals surface area contributed by atoms with Crippen molar-refractivity contribution in [1.82, 2.24) is 13.4 Å². The first kappa shape index (κ1) is 21.8. The number of imidazole rings is 1. The zero-order valence-electron chi connectivity index (χ0n) is 17.8. The summed E-state index contributed by atoms with van der Waals surface area (Å²) in [5, 5.41) is 2.78. The van der Waals surface area contributed by atoms with Gasteiger partial charge in [-0.2, -0.15) is 0 Å². The van der Waals surface area contributed by atoms with Crippen molar-refractivity contribution in [2.24, 2.45) is 0 Å². The summed E-state index contributed by atoms with van der Waals surface area (Å²) in [7, 11) is -0.731. The topological polar surface area (TPSA) is 93.4 Å². The Morgan fingerprint density at radius 1 is 1.07 bits per heavy atom. The molecule has 8 nitrogen and oxygen atoms in total. The van der Waals surface area contributed by atoms with Gasteiger partial charge in [-0.1, -0.05) is 12.1 Å². The van der Waals surface area contributed by atoms with Crippen LogP contribution in [0.3, 0.4) is 0 Å². The summed E-state index contributed by atoms with van der Waals surface area (Å²) in [5.41, 5.74) is 3.11. The lowest BCUT2D eigenvalue weighted by molar-refractivity contribution is -0.116. The van der Waals surface area contributed by atoms with Gasteiger partial charge in [0.2, 0.25) is 15.9 Å². The minimum Gasteiger partial charge on any atom is -0.324 e. The lowest BCUT2D eigenvalue weighted by atomic mass is 10.1. The van der Waals surface area contributed by atoms with Crippen LogP contribution < -0.4 is 11.0 Å². The molecular weight excluding hydrogens is 404 g/mol. The molecule has 0 saturated carbocycles. The Labute approximate surface area is 175 Å². The summed E-state index contributed by atoms with van der Waals surface area (Å²) in [6.45, 7) is 5.80. The summed E-state index contributed by atoms with van der Waals surface area (Å²) >= 11 is 0. The molecule has 1 N–H and O–H groups in total. The molecule has 0 fully saturated rings. The van der Waals surface area contributed by atoms with Crippen LogP contribution in [0.1, 0.15) is 18.1 Å². The largest absolute Gasteiger partial charge is 0.329 e. The number of carbonyl (C=O) groups is 1. The smallest absolute Gasteiger partial charge is 0.324 e. The zero-order valence-corrected chi connectivity index (χ0v) is 18.6. The van der Waals surface area contributed by atoms with Gasteiger partial charge in [0.05, 0.1) is 15.9 Å². The Kier molecular flexibility index (Phi) is 5.87. The van der Waals surface area contributed by atoms with Crippen LogP contribution in [0.15, 0.2) is 46.1 Å². The second kappa shape index (κ2) is 8.08. The van der Waals surface area contributed by atoms with Crippen LogP contribution in [-0.4, -0.2) is 41.9 Å². The first-order valence-corrected chi connectivity index (χ1v) is 11.0. The van der Waals surface area contributed by atoms with Crippen molar-refractivity contribution >= 4 is 32.7 Å². The van der Waals surface area contributed by atoms with Gasteiger partial charge in [-0.25, -0.2) is 17.5 Å². The summed E-state index contributed by atoms with van der Waals surface area (Å²) < 4.78 is 29.2. The number of aryl methyl sites for hydroxylation is 2. The molecule has 30 heavy (non-hydrogen) atoms. The van der Waals surface area contributed by atoms with E-state index in [1.807, 2.05) is 32.0 Å². The number of sulfonamides is 1. The molecule has 0 spiro atoms. The maximum atomic E-state index is 12.8. The van der Waals surface area contributed by atoms with Crippen LogP contribution in [0.2, 0.25) is 0 Å². The van der Waals surface area contributed by atoms with Gasteiger partial charge < -0.3 is 5.32 Å². The molecule has 1 aromatic heterocycles. The number of anilines is 1. The molecule has 0 aliphatic heterocycles. The van der Waals surface area contributed by atoms with Crippen LogP contribution in [0.4, 0.5) is 5.69 Å². The van der Waals surface area contributed by atoms with E-state index in [0.717, 1.165) is 20.9 Å². The number of carbonyl (C=O) groups excluding carboxylic acids is 1. The molecule has 160 valence electrons. The molecular formula is C21H26N4O4S. The molecule has 0 aliphatic carbocycles. The van der Waals surface area contributed by atoms with E-state index in [0.29, 0.717) is 17.7 Å². The van der Waals surface area contributed by atoms with Crippen LogP contribution >= 0.6 is 0 Å². The Balaban J connectivity index is 1.97. The van der Waals surface area contributed by atoms with Crippen LogP contribution in [0, 0.1) is 13.8 Å². The molecule has 0 atom stereocenters. The number of hydrogen-bond acceptors (Lipinski definition) is 4. The molecule has 1 amide bonds. The number of amides is 1. The normalized spacial score (nSPS) is 11.9. The monoisotopic (exact) mass is 430 g/mol. The molecule has 0 bridgehead atoms. The van der Waals surface area contributed by atoms with Crippen molar-refractivity contribution in [3.05, 3.63) is 58.0 Å². The molecule has 1 heterocycles. The van der Waals surface area contributed by atoms with E-state index in [2.05, 4.69) is 5.32 Å².